The van der Waals surface area contributed by atoms with E-state index in [1.807, 2.05) is 0 Å². The molecule has 0 bridgehead atoms. The molecule has 0 spiro atoms. The Morgan fingerprint density at radius 2 is 1.53 bits per heavy atom. The molecule has 3 rings (SSSR count). The Balaban J connectivity index is 2.08. The Kier molecular flexibility index (Phi) is 2.73. The molecule has 1 N–H and O–H groups in total. The van der Waals surface area contributed by atoms with E-state index in [0.29, 0.717) is 0 Å². The second-order valence-electron chi connectivity index (χ2n) is 4.74. The lowest BCUT2D eigenvalue weighted by atomic mass is 9.81. The third-order valence-corrected chi connectivity index (χ3v) is 3.84. The zero-order valence-electron chi connectivity index (χ0n) is 9.97. The topological polar surface area (TPSA) is 17.0 Å². The van der Waals surface area contributed by atoms with Crippen LogP contribution in [0.3, 0.4) is 0 Å². The highest BCUT2D eigenvalue weighted by atomic mass is 15.1. The predicted molar refractivity (Wildman–Crippen MR) is 70.1 cm³/mol. The van der Waals surface area contributed by atoms with E-state index >= 15 is 0 Å². The van der Waals surface area contributed by atoms with E-state index < -0.39 is 0 Å². The number of aromatic nitrogens is 1. The predicted octanol–water partition coefficient (Wildman–Crippen LogP) is 2.62. The fourth-order valence-corrected chi connectivity index (χ4v) is 2.90. The molecule has 1 aromatic carbocycles. The first-order chi connectivity index (χ1) is 8.42. The zero-order chi connectivity index (χ0) is 11.6. The van der Waals surface area contributed by atoms with Gasteiger partial charge in [-0.2, -0.15) is 0 Å². The van der Waals surface area contributed by atoms with Gasteiger partial charge in [-0.1, -0.05) is 30.3 Å². The number of nitrogens with one attached hydrogen (secondary N) is 1. The van der Waals surface area contributed by atoms with E-state index in [4.69, 9.17) is 0 Å². The summed E-state index contributed by atoms with van der Waals surface area (Å²) < 4.78 is 2.38. The summed E-state index contributed by atoms with van der Waals surface area (Å²) in [5, 5.41) is 3.46. The fraction of sp³-hybridized carbons (Fsp3) is 0.333. The van der Waals surface area contributed by atoms with Crippen molar-refractivity contribution < 1.29 is 0 Å². The smallest absolute Gasteiger partial charge is 0.0715 e. The Morgan fingerprint density at radius 3 is 2.18 bits per heavy atom. The Bertz CT molecular complexity index is 453. The molecule has 0 saturated carbocycles. The number of hydrogen-bond acceptors (Lipinski definition) is 1. The molecule has 2 heteroatoms. The van der Waals surface area contributed by atoms with Crippen LogP contribution in [0.15, 0.2) is 54.9 Å². The van der Waals surface area contributed by atoms with Gasteiger partial charge in [0.15, 0.2) is 0 Å². The molecule has 2 aromatic rings. The van der Waals surface area contributed by atoms with Crippen molar-refractivity contribution >= 4 is 0 Å². The molecule has 1 aliphatic heterocycles. The third kappa shape index (κ3) is 1.79. The third-order valence-electron chi connectivity index (χ3n) is 3.84. The quantitative estimate of drug-likeness (QED) is 0.833. The van der Waals surface area contributed by atoms with Gasteiger partial charge in [0, 0.05) is 12.4 Å². The van der Waals surface area contributed by atoms with E-state index in [9.17, 15) is 0 Å². The first-order valence-corrected chi connectivity index (χ1v) is 6.31. The van der Waals surface area contributed by atoms with Crippen LogP contribution in [0.4, 0.5) is 0 Å². The lowest BCUT2D eigenvalue weighted by Gasteiger charge is -2.40. The first-order valence-electron chi connectivity index (χ1n) is 6.31. The Labute approximate surface area is 102 Å². The summed E-state index contributed by atoms with van der Waals surface area (Å²) >= 11 is 0. The summed E-state index contributed by atoms with van der Waals surface area (Å²) in [4.78, 5) is 0. The maximum absolute atomic E-state index is 3.46. The van der Waals surface area contributed by atoms with Crippen LogP contribution in [0.2, 0.25) is 0 Å². The largest absolute Gasteiger partial charge is 0.344 e. The maximum Gasteiger partial charge on any atom is 0.0715 e. The number of benzene rings is 1. The van der Waals surface area contributed by atoms with Crippen LogP contribution in [-0.2, 0) is 5.54 Å². The van der Waals surface area contributed by atoms with E-state index in [-0.39, 0.29) is 5.54 Å². The molecule has 1 aromatic heterocycles. The molecule has 0 unspecified atom stereocenters. The molecule has 88 valence electrons. The minimum absolute atomic E-state index is 0.149. The Morgan fingerprint density at radius 1 is 0.882 bits per heavy atom. The van der Waals surface area contributed by atoms with Crippen LogP contribution in [0.5, 0.6) is 0 Å². The fourth-order valence-electron chi connectivity index (χ4n) is 2.90. The highest BCUT2D eigenvalue weighted by Crippen LogP contribution is 2.35. The number of piperidine rings is 1. The van der Waals surface area contributed by atoms with Crippen molar-refractivity contribution in [2.45, 2.75) is 18.4 Å². The van der Waals surface area contributed by atoms with Crippen LogP contribution in [0.1, 0.15) is 18.4 Å². The molecule has 0 radical (unpaired) electrons. The van der Waals surface area contributed by atoms with E-state index in [1.165, 1.54) is 5.56 Å². The van der Waals surface area contributed by atoms with Gasteiger partial charge in [-0.3, -0.25) is 0 Å². The normalized spacial score (nSPS) is 19.1. The van der Waals surface area contributed by atoms with Gasteiger partial charge in [-0.25, -0.2) is 0 Å². The van der Waals surface area contributed by atoms with Crippen LogP contribution < -0.4 is 5.32 Å². The number of nitrogens with zero attached hydrogens (tertiary/aromatic N) is 1. The SMILES string of the molecule is c1ccc(C2(n3cccc3)CCNCC2)cc1. The lowest BCUT2D eigenvalue weighted by molar-refractivity contribution is 0.260. The highest BCUT2D eigenvalue weighted by Gasteiger charge is 2.34. The zero-order valence-corrected chi connectivity index (χ0v) is 9.97. The monoisotopic (exact) mass is 226 g/mol. The van der Waals surface area contributed by atoms with Crippen LogP contribution >= 0.6 is 0 Å². The maximum atomic E-state index is 3.46. The van der Waals surface area contributed by atoms with Gasteiger partial charge in [0.2, 0.25) is 0 Å². The highest BCUT2D eigenvalue weighted by molar-refractivity contribution is 5.27. The molecule has 1 saturated heterocycles. The van der Waals surface area contributed by atoms with Gasteiger partial charge in [0.25, 0.3) is 0 Å². The van der Waals surface area contributed by atoms with Gasteiger partial charge in [0.05, 0.1) is 5.54 Å². The Hall–Kier alpha value is -1.54. The first kappa shape index (κ1) is 10.6. The molecule has 1 aliphatic rings. The van der Waals surface area contributed by atoms with Crippen molar-refractivity contribution in [2.75, 3.05) is 13.1 Å². The second kappa shape index (κ2) is 4.38. The van der Waals surface area contributed by atoms with Crippen molar-refractivity contribution in [3.63, 3.8) is 0 Å². The molecule has 2 nitrogen and oxygen atoms in total. The van der Waals surface area contributed by atoms with Gasteiger partial charge >= 0.3 is 0 Å². The standard InChI is InChI=1S/C15H18N2/c1-2-6-14(7-3-1)15(8-10-16-11-9-15)17-12-4-5-13-17/h1-7,12-13,16H,8-11H2. The molecular weight excluding hydrogens is 208 g/mol. The van der Waals surface area contributed by atoms with Gasteiger partial charge < -0.3 is 9.88 Å². The molecule has 17 heavy (non-hydrogen) atoms. The van der Waals surface area contributed by atoms with Crippen molar-refractivity contribution in [1.82, 2.24) is 9.88 Å². The lowest BCUT2D eigenvalue weighted by Crippen LogP contribution is -2.44. The second-order valence-corrected chi connectivity index (χ2v) is 4.74. The average molecular weight is 226 g/mol. The van der Waals surface area contributed by atoms with Gasteiger partial charge in [0.1, 0.15) is 0 Å². The molecule has 0 aliphatic carbocycles. The minimum Gasteiger partial charge on any atom is -0.344 e. The summed E-state index contributed by atoms with van der Waals surface area (Å²) in [6.07, 6.45) is 6.70. The van der Waals surface area contributed by atoms with Gasteiger partial charge in [-0.05, 0) is 43.6 Å². The van der Waals surface area contributed by atoms with Crippen LogP contribution in [-0.4, -0.2) is 17.7 Å². The van der Waals surface area contributed by atoms with Crippen molar-refractivity contribution in [3.05, 3.63) is 60.4 Å². The van der Waals surface area contributed by atoms with Crippen molar-refractivity contribution in [1.29, 1.82) is 0 Å². The summed E-state index contributed by atoms with van der Waals surface area (Å²) in [5.74, 6) is 0. The summed E-state index contributed by atoms with van der Waals surface area (Å²) in [7, 11) is 0. The molecular formula is C15H18N2. The summed E-state index contributed by atoms with van der Waals surface area (Å²) in [5.41, 5.74) is 1.58. The number of rotatable bonds is 2. The minimum atomic E-state index is 0.149. The van der Waals surface area contributed by atoms with Crippen molar-refractivity contribution in [2.24, 2.45) is 0 Å². The summed E-state index contributed by atoms with van der Waals surface area (Å²) in [6, 6.07) is 15.1. The van der Waals surface area contributed by atoms with Crippen LogP contribution in [0, 0.1) is 0 Å². The van der Waals surface area contributed by atoms with E-state index in [2.05, 4.69) is 64.7 Å². The molecule has 0 amide bonds. The molecule has 0 atom stereocenters. The van der Waals surface area contributed by atoms with Gasteiger partial charge in [-0.15, -0.1) is 0 Å². The molecule has 1 fully saturated rings. The average Bonchev–Trinajstić information content (AvgIpc) is 2.95. The van der Waals surface area contributed by atoms with E-state index in [1.54, 1.807) is 0 Å². The number of hydrogen-bond donors (Lipinski definition) is 1. The van der Waals surface area contributed by atoms with Crippen LogP contribution in [0.25, 0.3) is 0 Å². The summed E-state index contributed by atoms with van der Waals surface area (Å²) in [6.45, 7) is 2.18. The molecule has 2 heterocycles. The van der Waals surface area contributed by atoms with E-state index in [0.717, 1.165) is 25.9 Å². The van der Waals surface area contributed by atoms with Crippen molar-refractivity contribution in [3.8, 4) is 0 Å².